The van der Waals surface area contributed by atoms with Gasteiger partial charge in [0.25, 0.3) is 0 Å². The van der Waals surface area contributed by atoms with E-state index in [1.165, 1.54) is 19.3 Å². The van der Waals surface area contributed by atoms with Crippen molar-refractivity contribution in [1.29, 1.82) is 0 Å². The van der Waals surface area contributed by atoms with E-state index < -0.39 is 0 Å². The maximum absolute atomic E-state index is 11.3. The molecule has 4 heteroatoms. The van der Waals surface area contributed by atoms with E-state index in [2.05, 4.69) is 36.9 Å². The fourth-order valence-electron chi connectivity index (χ4n) is 1.82. The average molecular weight is 216 g/mol. The number of likely N-dealkylation sites (N-methyl/N-ethyl adjacent to an activating group) is 1. The lowest BCUT2D eigenvalue weighted by molar-refractivity contribution is -0.121. The van der Waals surface area contributed by atoms with Gasteiger partial charge < -0.3 is 10.2 Å². The van der Waals surface area contributed by atoms with Gasteiger partial charge >= 0.3 is 0 Å². The molecule has 1 aliphatic carbocycles. The van der Waals surface area contributed by atoms with E-state index in [0.717, 1.165) is 6.54 Å². The van der Waals surface area contributed by atoms with E-state index >= 15 is 0 Å². The molecule has 1 aliphatic rings. The molecule has 0 saturated heterocycles. The summed E-state index contributed by atoms with van der Waals surface area (Å²) in [5, 5.41) is 2.98. The van der Waals surface area contributed by atoms with Crippen LogP contribution in [0.2, 0.25) is 0 Å². The van der Waals surface area contributed by atoms with Crippen LogP contribution in [-0.4, -0.2) is 42.7 Å². The molecule has 0 aromatic rings. The molecule has 0 unspecified atom stereocenters. The Morgan fingerprint density at radius 3 is 2.50 bits per heavy atom. The van der Waals surface area contributed by atoms with Crippen LogP contribution in [0.5, 0.6) is 0 Å². The molecular weight excluding hydrogens is 196 g/mol. The Hall–Kier alpha value is -0.220. The normalized spacial score (nSPS) is 19.1. The van der Waals surface area contributed by atoms with Crippen LogP contribution in [0.4, 0.5) is 0 Å². The minimum atomic E-state index is 0.119. The van der Waals surface area contributed by atoms with Crippen LogP contribution in [0, 0.1) is 0 Å². The zero-order chi connectivity index (χ0) is 10.6. The highest BCUT2D eigenvalue weighted by Crippen LogP contribution is 2.35. The number of amides is 1. The van der Waals surface area contributed by atoms with E-state index in [4.69, 9.17) is 0 Å². The predicted octanol–water partition coefficient (Wildman–Crippen LogP) is 0.907. The van der Waals surface area contributed by atoms with Crippen molar-refractivity contribution in [3.63, 3.8) is 0 Å². The van der Waals surface area contributed by atoms with Crippen LogP contribution in [0.25, 0.3) is 0 Å². The molecule has 0 aromatic heterocycles. The van der Waals surface area contributed by atoms with Gasteiger partial charge in [-0.2, -0.15) is 12.6 Å². The Labute approximate surface area is 91.6 Å². The van der Waals surface area contributed by atoms with E-state index in [0.29, 0.717) is 12.2 Å². The van der Waals surface area contributed by atoms with Crippen molar-refractivity contribution >= 4 is 18.5 Å². The Morgan fingerprint density at radius 2 is 2.14 bits per heavy atom. The summed E-state index contributed by atoms with van der Waals surface area (Å²) in [5.74, 6) is 0.744. The monoisotopic (exact) mass is 216 g/mol. The number of nitrogens with one attached hydrogen (secondary N) is 1. The maximum Gasteiger partial charge on any atom is 0.220 e. The number of thiol groups is 1. The topological polar surface area (TPSA) is 32.3 Å². The van der Waals surface area contributed by atoms with Gasteiger partial charge in [0.2, 0.25) is 5.91 Å². The predicted molar refractivity (Wildman–Crippen MR) is 61.7 cm³/mol. The highest BCUT2D eigenvalue weighted by atomic mass is 32.1. The molecule has 0 radical (unpaired) electrons. The Balaban J connectivity index is 2.31. The van der Waals surface area contributed by atoms with Crippen molar-refractivity contribution in [1.82, 2.24) is 10.2 Å². The van der Waals surface area contributed by atoms with Gasteiger partial charge in [-0.3, -0.25) is 4.79 Å². The number of hydrogen-bond acceptors (Lipinski definition) is 3. The molecule has 1 fully saturated rings. The molecule has 0 heterocycles. The molecule has 82 valence electrons. The van der Waals surface area contributed by atoms with Gasteiger partial charge in [0.05, 0.1) is 0 Å². The summed E-state index contributed by atoms with van der Waals surface area (Å²) in [4.78, 5) is 13.5. The smallest absolute Gasteiger partial charge is 0.220 e. The van der Waals surface area contributed by atoms with Gasteiger partial charge in [-0.1, -0.05) is 0 Å². The first kappa shape index (κ1) is 11.9. The summed E-state index contributed by atoms with van der Waals surface area (Å²) in [6.07, 6.45) is 4.19. The van der Waals surface area contributed by atoms with Gasteiger partial charge in [0.15, 0.2) is 0 Å². The van der Waals surface area contributed by atoms with Crippen molar-refractivity contribution in [2.24, 2.45) is 0 Å². The van der Waals surface area contributed by atoms with Crippen molar-refractivity contribution in [3.8, 4) is 0 Å². The fourth-order valence-corrected chi connectivity index (χ4v) is 2.02. The molecule has 1 amide bonds. The zero-order valence-electron chi connectivity index (χ0n) is 9.05. The SMILES string of the molecule is CN(C)C1(CNC(=O)CCS)CCC1. The highest BCUT2D eigenvalue weighted by Gasteiger charge is 2.38. The number of hydrogen-bond donors (Lipinski definition) is 2. The van der Waals surface area contributed by atoms with Crippen LogP contribution in [0.1, 0.15) is 25.7 Å². The summed E-state index contributed by atoms with van der Waals surface area (Å²) in [7, 11) is 4.17. The van der Waals surface area contributed by atoms with Crippen LogP contribution >= 0.6 is 12.6 Å². The second kappa shape index (κ2) is 5.03. The minimum absolute atomic E-state index is 0.119. The molecule has 0 bridgehead atoms. The highest BCUT2D eigenvalue weighted by molar-refractivity contribution is 7.80. The first-order chi connectivity index (χ1) is 6.60. The largest absolute Gasteiger partial charge is 0.354 e. The first-order valence-electron chi connectivity index (χ1n) is 5.16. The van der Waals surface area contributed by atoms with Gasteiger partial charge in [0, 0.05) is 18.5 Å². The summed E-state index contributed by atoms with van der Waals surface area (Å²) >= 11 is 4.03. The third kappa shape index (κ3) is 2.64. The standard InChI is InChI=1S/C10H20N2OS/c1-12(2)10(5-3-6-10)8-11-9(13)4-7-14/h14H,3-8H2,1-2H3,(H,11,13). The van der Waals surface area contributed by atoms with Crippen molar-refractivity contribution in [2.75, 3.05) is 26.4 Å². The Kier molecular flexibility index (Phi) is 4.26. The Bertz CT molecular complexity index is 202. The summed E-state index contributed by atoms with van der Waals surface area (Å²) in [5.41, 5.74) is 0.228. The van der Waals surface area contributed by atoms with E-state index in [-0.39, 0.29) is 11.4 Å². The molecule has 0 aliphatic heterocycles. The number of rotatable bonds is 5. The van der Waals surface area contributed by atoms with Crippen LogP contribution in [0.3, 0.4) is 0 Å². The molecule has 14 heavy (non-hydrogen) atoms. The lowest BCUT2D eigenvalue weighted by Crippen LogP contribution is -2.57. The van der Waals surface area contributed by atoms with E-state index in [1.54, 1.807) is 0 Å². The Morgan fingerprint density at radius 1 is 1.50 bits per heavy atom. The third-order valence-corrected chi connectivity index (χ3v) is 3.41. The van der Waals surface area contributed by atoms with Crippen molar-refractivity contribution in [3.05, 3.63) is 0 Å². The molecule has 0 spiro atoms. The summed E-state index contributed by atoms with van der Waals surface area (Å²) in [6.45, 7) is 0.784. The second-order valence-corrected chi connectivity index (χ2v) is 4.67. The quantitative estimate of drug-likeness (QED) is 0.670. The minimum Gasteiger partial charge on any atom is -0.354 e. The molecule has 1 saturated carbocycles. The second-order valence-electron chi connectivity index (χ2n) is 4.22. The van der Waals surface area contributed by atoms with Gasteiger partial charge in [-0.25, -0.2) is 0 Å². The number of carbonyl (C=O) groups is 1. The molecule has 1 rings (SSSR count). The zero-order valence-corrected chi connectivity index (χ0v) is 9.94. The molecule has 3 nitrogen and oxygen atoms in total. The molecular formula is C10H20N2OS. The van der Waals surface area contributed by atoms with E-state index in [1.807, 2.05) is 0 Å². The summed E-state index contributed by atoms with van der Waals surface area (Å²) < 4.78 is 0. The van der Waals surface area contributed by atoms with Crippen molar-refractivity contribution in [2.45, 2.75) is 31.2 Å². The molecule has 0 aromatic carbocycles. The van der Waals surface area contributed by atoms with Crippen LogP contribution < -0.4 is 5.32 Å². The lowest BCUT2D eigenvalue weighted by atomic mass is 9.75. The summed E-state index contributed by atoms with van der Waals surface area (Å²) in [6, 6.07) is 0. The van der Waals surface area contributed by atoms with Gasteiger partial charge in [-0.05, 0) is 39.1 Å². The first-order valence-corrected chi connectivity index (χ1v) is 5.79. The van der Waals surface area contributed by atoms with Gasteiger partial charge in [0.1, 0.15) is 0 Å². The van der Waals surface area contributed by atoms with Crippen molar-refractivity contribution < 1.29 is 4.79 Å². The lowest BCUT2D eigenvalue weighted by Gasteiger charge is -2.47. The number of nitrogens with zero attached hydrogens (tertiary/aromatic N) is 1. The van der Waals surface area contributed by atoms with Crippen LogP contribution in [0.15, 0.2) is 0 Å². The number of carbonyl (C=O) groups excluding carboxylic acids is 1. The third-order valence-electron chi connectivity index (χ3n) is 3.19. The average Bonchev–Trinajstić information content (AvgIpc) is 2.02. The molecule has 1 N–H and O–H groups in total. The maximum atomic E-state index is 11.3. The molecule has 0 atom stereocenters. The van der Waals surface area contributed by atoms with Gasteiger partial charge in [-0.15, -0.1) is 0 Å². The fraction of sp³-hybridized carbons (Fsp3) is 0.900. The van der Waals surface area contributed by atoms with Crippen LogP contribution in [-0.2, 0) is 4.79 Å². The van der Waals surface area contributed by atoms with E-state index in [9.17, 15) is 4.79 Å².